The van der Waals surface area contributed by atoms with Crippen LogP contribution in [0.4, 0.5) is 0 Å². The molecule has 2 aliphatic rings. The largest absolute Gasteiger partial charge is 0.393 e. The van der Waals surface area contributed by atoms with Gasteiger partial charge in [-0.25, -0.2) is 0 Å². The summed E-state index contributed by atoms with van der Waals surface area (Å²) in [4.78, 5) is 0. The van der Waals surface area contributed by atoms with E-state index in [0.717, 1.165) is 30.6 Å². The second kappa shape index (κ2) is 5.05. The van der Waals surface area contributed by atoms with Crippen LogP contribution in [0.3, 0.4) is 0 Å². The molecular formula is C17H24O. The number of aryl methyl sites for hydroxylation is 1. The third-order valence-corrected chi connectivity index (χ3v) is 5.01. The van der Waals surface area contributed by atoms with E-state index < -0.39 is 0 Å². The molecule has 2 fully saturated rings. The molecule has 1 heteroatoms. The first kappa shape index (κ1) is 12.2. The molecule has 0 saturated heterocycles. The van der Waals surface area contributed by atoms with Gasteiger partial charge in [-0.1, -0.05) is 36.2 Å². The highest BCUT2D eigenvalue weighted by Crippen LogP contribution is 2.49. The lowest BCUT2D eigenvalue weighted by Gasteiger charge is -2.24. The molecule has 0 aliphatic heterocycles. The lowest BCUT2D eigenvalue weighted by molar-refractivity contribution is 0.124. The number of hydrogen-bond acceptors (Lipinski definition) is 1. The van der Waals surface area contributed by atoms with Crippen LogP contribution in [0.1, 0.15) is 43.2 Å². The predicted molar refractivity (Wildman–Crippen MR) is 74.4 cm³/mol. The summed E-state index contributed by atoms with van der Waals surface area (Å²) in [5, 5.41) is 10.3. The molecule has 1 aromatic carbocycles. The molecular weight excluding hydrogens is 220 g/mol. The third kappa shape index (κ3) is 2.61. The molecule has 4 unspecified atom stereocenters. The van der Waals surface area contributed by atoms with Gasteiger partial charge in [-0.15, -0.1) is 0 Å². The van der Waals surface area contributed by atoms with Gasteiger partial charge in [0.15, 0.2) is 0 Å². The predicted octanol–water partition coefficient (Wildman–Crippen LogP) is 3.72. The molecule has 1 aromatic rings. The van der Waals surface area contributed by atoms with E-state index in [2.05, 4.69) is 31.2 Å². The molecule has 0 radical (unpaired) electrons. The zero-order valence-corrected chi connectivity index (χ0v) is 11.3. The number of rotatable bonds is 4. The first-order valence-corrected chi connectivity index (χ1v) is 7.44. The van der Waals surface area contributed by atoms with Crippen LogP contribution in [-0.2, 0) is 6.42 Å². The maximum atomic E-state index is 10.3. The van der Waals surface area contributed by atoms with Crippen LogP contribution in [0.25, 0.3) is 0 Å². The van der Waals surface area contributed by atoms with Crippen molar-refractivity contribution in [3.63, 3.8) is 0 Å². The quantitative estimate of drug-likeness (QED) is 0.855. The van der Waals surface area contributed by atoms with Gasteiger partial charge in [0.1, 0.15) is 0 Å². The summed E-state index contributed by atoms with van der Waals surface area (Å²) in [6, 6.07) is 8.54. The highest BCUT2D eigenvalue weighted by Gasteiger charge is 2.39. The van der Waals surface area contributed by atoms with Gasteiger partial charge in [-0.2, -0.15) is 0 Å². The maximum Gasteiger partial charge on any atom is 0.0583 e. The average molecular weight is 244 g/mol. The Balaban J connectivity index is 1.54. The molecule has 98 valence electrons. The number of fused-ring (bicyclic) bond motifs is 2. The molecule has 0 amide bonds. The van der Waals surface area contributed by atoms with Crippen LogP contribution in [-0.4, -0.2) is 11.2 Å². The highest BCUT2D eigenvalue weighted by molar-refractivity contribution is 5.22. The monoisotopic (exact) mass is 244 g/mol. The lowest BCUT2D eigenvalue weighted by Crippen LogP contribution is -2.20. The number of benzene rings is 1. The number of aliphatic hydroxyl groups is 1. The van der Waals surface area contributed by atoms with E-state index in [1.807, 2.05) is 0 Å². The second-order valence-corrected chi connectivity index (χ2v) is 6.52. The van der Waals surface area contributed by atoms with E-state index in [1.165, 1.54) is 36.8 Å². The summed E-state index contributed by atoms with van der Waals surface area (Å²) in [6.07, 6.45) is 7.42. The zero-order chi connectivity index (χ0) is 12.5. The molecule has 2 aliphatic carbocycles. The SMILES string of the molecule is Cc1cccc(CC(O)CC2CC3CCC2C3)c1. The Bertz CT molecular complexity index is 412. The van der Waals surface area contributed by atoms with E-state index in [1.54, 1.807) is 0 Å². The Kier molecular flexibility index (Phi) is 3.43. The molecule has 2 bridgehead atoms. The Morgan fingerprint density at radius 3 is 2.83 bits per heavy atom. The molecule has 0 aromatic heterocycles. The van der Waals surface area contributed by atoms with Crippen LogP contribution in [0.2, 0.25) is 0 Å². The van der Waals surface area contributed by atoms with Gasteiger partial charge in [-0.3, -0.25) is 0 Å². The Labute approximate surface area is 110 Å². The van der Waals surface area contributed by atoms with E-state index >= 15 is 0 Å². The summed E-state index contributed by atoms with van der Waals surface area (Å²) in [5.74, 6) is 2.73. The molecule has 0 spiro atoms. The minimum absolute atomic E-state index is 0.142. The van der Waals surface area contributed by atoms with Crippen molar-refractivity contribution in [1.29, 1.82) is 0 Å². The van der Waals surface area contributed by atoms with Gasteiger partial charge in [0.2, 0.25) is 0 Å². The summed E-state index contributed by atoms with van der Waals surface area (Å²) in [5.41, 5.74) is 2.57. The Morgan fingerprint density at radius 2 is 2.17 bits per heavy atom. The van der Waals surface area contributed by atoms with Crippen molar-refractivity contribution in [1.82, 2.24) is 0 Å². The molecule has 1 N–H and O–H groups in total. The van der Waals surface area contributed by atoms with Crippen molar-refractivity contribution in [3.8, 4) is 0 Å². The van der Waals surface area contributed by atoms with Crippen molar-refractivity contribution < 1.29 is 5.11 Å². The first-order valence-electron chi connectivity index (χ1n) is 7.44. The molecule has 2 saturated carbocycles. The van der Waals surface area contributed by atoms with Crippen LogP contribution >= 0.6 is 0 Å². The smallest absolute Gasteiger partial charge is 0.0583 e. The van der Waals surface area contributed by atoms with Crippen molar-refractivity contribution in [2.24, 2.45) is 17.8 Å². The summed E-state index contributed by atoms with van der Waals surface area (Å²) >= 11 is 0. The Hall–Kier alpha value is -0.820. The van der Waals surface area contributed by atoms with Gasteiger partial charge < -0.3 is 5.11 Å². The van der Waals surface area contributed by atoms with Gasteiger partial charge in [-0.05, 0) is 62.3 Å². The zero-order valence-electron chi connectivity index (χ0n) is 11.3. The van der Waals surface area contributed by atoms with Gasteiger partial charge in [0.05, 0.1) is 6.10 Å². The van der Waals surface area contributed by atoms with Crippen LogP contribution in [0.5, 0.6) is 0 Å². The maximum absolute atomic E-state index is 10.3. The lowest BCUT2D eigenvalue weighted by atomic mass is 9.84. The van der Waals surface area contributed by atoms with Gasteiger partial charge in [0, 0.05) is 0 Å². The van der Waals surface area contributed by atoms with Crippen molar-refractivity contribution >= 4 is 0 Å². The molecule has 0 heterocycles. The first-order chi connectivity index (χ1) is 8.70. The van der Waals surface area contributed by atoms with Crippen LogP contribution in [0, 0.1) is 24.7 Å². The van der Waals surface area contributed by atoms with E-state index in [9.17, 15) is 5.11 Å². The van der Waals surface area contributed by atoms with Crippen LogP contribution < -0.4 is 0 Å². The normalized spacial score (nSPS) is 31.8. The number of hydrogen-bond donors (Lipinski definition) is 1. The minimum Gasteiger partial charge on any atom is -0.393 e. The van der Waals surface area contributed by atoms with Crippen molar-refractivity contribution in [2.45, 2.75) is 51.6 Å². The van der Waals surface area contributed by atoms with E-state index in [4.69, 9.17) is 0 Å². The van der Waals surface area contributed by atoms with E-state index in [-0.39, 0.29) is 6.10 Å². The van der Waals surface area contributed by atoms with Crippen molar-refractivity contribution in [3.05, 3.63) is 35.4 Å². The Morgan fingerprint density at radius 1 is 1.28 bits per heavy atom. The van der Waals surface area contributed by atoms with Crippen LogP contribution in [0.15, 0.2) is 24.3 Å². The standard InChI is InChI=1S/C17H24O/c1-12-3-2-4-13(7-12)10-17(18)11-16-9-14-5-6-15(16)8-14/h2-4,7,14-18H,5-6,8-11H2,1H3. The fourth-order valence-electron chi connectivity index (χ4n) is 4.21. The molecule has 1 nitrogen and oxygen atoms in total. The molecule has 3 rings (SSSR count). The fourth-order valence-corrected chi connectivity index (χ4v) is 4.21. The van der Waals surface area contributed by atoms with Gasteiger partial charge in [0.25, 0.3) is 0 Å². The topological polar surface area (TPSA) is 20.2 Å². The summed E-state index contributed by atoms with van der Waals surface area (Å²) in [6.45, 7) is 2.12. The van der Waals surface area contributed by atoms with Crippen molar-refractivity contribution in [2.75, 3.05) is 0 Å². The summed E-state index contributed by atoms with van der Waals surface area (Å²) in [7, 11) is 0. The number of aliphatic hydroxyl groups excluding tert-OH is 1. The van der Waals surface area contributed by atoms with Gasteiger partial charge >= 0.3 is 0 Å². The minimum atomic E-state index is -0.142. The van der Waals surface area contributed by atoms with E-state index in [0.29, 0.717) is 0 Å². The average Bonchev–Trinajstić information content (AvgIpc) is 2.90. The third-order valence-electron chi connectivity index (χ3n) is 5.01. The highest BCUT2D eigenvalue weighted by atomic mass is 16.3. The molecule has 4 atom stereocenters. The summed E-state index contributed by atoms with van der Waals surface area (Å²) < 4.78 is 0. The second-order valence-electron chi connectivity index (χ2n) is 6.52. The fraction of sp³-hybridized carbons (Fsp3) is 0.647. The molecule has 18 heavy (non-hydrogen) atoms.